The Morgan fingerprint density at radius 2 is 1.52 bits per heavy atom. The van der Waals surface area contributed by atoms with Crippen LogP contribution in [0.3, 0.4) is 0 Å². The molecule has 0 saturated heterocycles. The van der Waals surface area contributed by atoms with E-state index in [1.54, 1.807) is 0 Å². The molecule has 13 nitrogen and oxygen atoms in total. The number of amides is 4. The van der Waals surface area contributed by atoms with Crippen molar-refractivity contribution in [1.82, 2.24) is 16.0 Å². The Hall–Kier alpha value is -2.87. The summed E-state index contributed by atoms with van der Waals surface area (Å²) in [5, 5.41) is 23.6. The maximum Gasteiger partial charge on any atom is 0.327 e. The third kappa shape index (κ3) is 10.0. The van der Waals surface area contributed by atoms with Crippen molar-refractivity contribution in [3.8, 4) is 0 Å². The third-order valence-corrected chi connectivity index (χ3v) is 3.37. The molecule has 9 N–H and O–H groups in total. The lowest BCUT2D eigenvalue weighted by atomic mass is 10.1. The first kappa shape index (κ1) is 24.1. The lowest BCUT2D eigenvalue weighted by Gasteiger charge is -2.19. The number of carboxylic acids is 2. The predicted molar refractivity (Wildman–Crippen MR) is 92.4 cm³/mol. The summed E-state index contributed by atoms with van der Waals surface area (Å²) in [6, 6.07) is -4.24. The number of hydrogen-bond donors (Lipinski definition) is 8. The van der Waals surface area contributed by atoms with Gasteiger partial charge in [0, 0.05) is 5.75 Å². The van der Waals surface area contributed by atoms with Gasteiger partial charge in [0.25, 0.3) is 0 Å². The maximum atomic E-state index is 12.1. The molecule has 3 unspecified atom stereocenters. The highest BCUT2D eigenvalue weighted by Crippen LogP contribution is 1.96. The molecule has 0 aliphatic rings. The fourth-order valence-corrected chi connectivity index (χ4v) is 1.94. The fourth-order valence-electron chi connectivity index (χ4n) is 1.69. The van der Waals surface area contributed by atoms with Crippen LogP contribution in [0.15, 0.2) is 0 Å². The Kier molecular flexibility index (Phi) is 10.4. The number of nitrogens with two attached hydrogens (primary N) is 2. The van der Waals surface area contributed by atoms with Gasteiger partial charge in [0.05, 0.1) is 25.4 Å². The third-order valence-electron chi connectivity index (χ3n) is 3.01. The average Bonchev–Trinajstić information content (AvgIpc) is 2.55. The summed E-state index contributed by atoms with van der Waals surface area (Å²) < 4.78 is 0. The highest BCUT2D eigenvalue weighted by Gasteiger charge is 2.27. The van der Waals surface area contributed by atoms with E-state index in [1.807, 2.05) is 0 Å². The summed E-state index contributed by atoms with van der Waals surface area (Å²) in [5.41, 5.74) is 10.3. The second-order valence-corrected chi connectivity index (χ2v) is 5.66. The molecule has 0 heterocycles. The molecule has 0 saturated carbocycles. The Morgan fingerprint density at radius 3 is 1.96 bits per heavy atom. The van der Waals surface area contributed by atoms with Crippen LogP contribution in [0.2, 0.25) is 0 Å². The molecule has 0 fully saturated rings. The van der Waals surface area contributed by atoms with Gasteiger partial charge in [-0.15, -0.1) is 0 Å². The molecular weight excluding hydrogens is 386 g/mol. The number of carbonyl (C=O) groups excluding carboxylic acids is 4. The predicted octanol–water partition coefficient (Wildman–Crippen LogP) is -4.24. The lowest BCUT2D eigenvalue weighted by Crippen LogP contribution is -2.54. The van der Waals surface area contributed by atoms with Gasteiger partial charge in [0.1, 0.15) is 12.1 Å². The van der Waals surface area contributed by atoms with Gasteiger partial charge in [-0.05, 0) is 0 Å². The number of carbonyl (C=O) groups is 6. The van der Waals surface area contributed by atoms with Crippen LogP contribution in [0.4, 0.5) is 0 Å². The van der Waals surface area contributed by atoms with E-state index in [0.717, 1.165) is 0 Å². The smallest absolute Gasteiger partial charge is 0.327 e. The number of aliphatic carboxylic acids is 2. The number of rotatable bonds is 12. The quantitative estimate of drug-likeness (QED) is 0.146. The van der Waals surface area contributed by atoms with Crippen molar-refractivity contribution in [2.45, 2.75) is 31.0 Å². The lowest BCUT2D eigenvalue weighted by molar-refractivity contribution is -0.141. The number of carboxylic acid groups (broad SMARTS) is 2. The van der Waals surface area contributed by atoms with E-state index in [-0.39, 0.29) is 5.75 Å². The summed E-state index contributed by atoms with van der Waals surface area (Å²) in [6.07, 6.45) is -1.34. The Morgan fingerprint density at radius 1 is 0.926 bits per heavy atom. The van der Waals surface area contributed by atoms with E-state index in [0.29, 0.717) is 0 Å². The number of hydrogen-bond acceptors (Lipinski definition) is 8. The highest BCUT2D eigenvalue weighted by molar-refractivity contribution is 7.80. The van der Waals surface area contributed by atoms with Gasteiger partial charge in [0.2, 0.25) is 23.6 Å². The van der Waals surface area contributed by atoms with Crippen LogP contribution in [0, 0.1) is 0 Å². The van der Waals surface area contributed by atoms with Crippen molar-refractivity contribution in [3.63, 3.8) is 0 Å². The van der Waals surface area contributed by atoms with Crippen LogP contribution >= 0.6 is 12.6 Å². The first-order valence-electron chi connectivity index (χ1n) is 7.44. The minimum absolute atomic E-state index is 0.184. The molecule has 14 heteroatoms. The van der Waals surface area contributed by atoms with Gasteiger partial charge in [-0.3, -0.25) is 24.0 Å². The van der Waals surface area contributed by atoms with E-state index >= 15 is 0 Å². The van der Waals surface area contributed by atoms with Crippen LogP contribution in [0.1, 0.15) is 12.8 Å². The zero-order valence-electron chi connectivity index (χ0n) is 14.0. The molecular formula is C13H21N5O8S. The zero-order valence-corrected chi connectivity index (χ0v) is 14.9. The van der Waals surface area contributed by atoms with Crippen LogP contribution in [0.25, 0.3) is 0 Å². The Bertz CT molecular complexity index is 614. The van der Waals surface area contributed by atoms with E-state index in [4.69, 9.17) is 21.7 Å². The van der Waals surface area contributed by atoms with E-state index < -0.39 is 73.1 Å². The normalized spacial score (nSPS) is 13.6. The molecule has 152 valence electrons. The second-order valence-electron chi connectivity index (χ2n) is 5.29. The van der Waals surface area contributed by atoms with Crippen molar-refractivity contribution >= 4 is 48.2 Å². The molecule has 0 aromatic heterocycles. The molecule has 0 aromatic rings. The molecule has 0 aromatic carbocycles. The van der Waals surface area contributed by atoms with Gasteiger partial charge in [-0.25, -0.2) is 4.79 Å². The minimum Gasteiger partial charge on any atom is -0.481 e. The summed E-state index contributed by atoms with van der Waals surface area (Å²) in [5.74, 6) is -6.64. The number of nitrogens with one attached hydrogen (secondary N) is 3. The first-order chi connectivity index (χ1) is 12.5. The second kappa shape index (κ2) is 11.7. The Balaban J connectivity index is 4.80. The van der Waals surface area contributed by atoms with E-state index in [9.17, 15) is 28.8 Å². The standard InChI is InChI=1S/C13H21N5O8S/c14-5(1-10(21)22)11(23)18-6(2-8(15)19)12(24)16-3-9(20)17-7(4-27)13(25)26/h5-7,27H,1-4,14H2,(H2,15,19)(H,16,24)(H,17,20)(H,18,23)(H,21,22)(H,25,26). The largest absolute Gasteiger partial charge is 0.481 e. The fraction of sp³-hybridized carbons (Fsp3) is 0.538. The SMILES string of the molecule is NC(=O)CC(NC(=O)C(N)CC(=O)O)C(=O)NCC(=O)NC(CS)C(=O)O. The van der Waals surface area contributed by atoms with Crippen LogP contribution < -0.4 is 27.4 Å². The summed E-state index contributed by atoms with van der Waals surface area (Å²) in [4.78, 5) is 67.9. The topological polar surface area (TPSA) is 231 Å². The summed E-state index contributed by atoms with van der Waals surface area (Å²) in [6.45, 7) is -0.650. The van der Waals surface area contributed by atoms with Crippen LogP contribution in [-0.4, -0.2) is 76.2 Å². The van der Waals surface area contributed by atoms with Crippen molar-refractivity contribution in [2.75, 3.05) is 12.3 Å². The summed E-state index contributed by atoms with van der Waals surface area (Å²) in [7, 11) is 0. The molecule has 0 aliphatic carbocycles. The van der Waals surface area contributed by atoms with Gasteiger partial charge >= 0.3 is 11.9 Å². The van der Waals surface area contributed by atoms with Crippen molar-refractivity contribution in [1.29, 1.82) is 0 Å². The van der Waals surface area contributed by atoms with Crippen molar-refractivity contribution in [2.24, 2.45) is 11.5 Å². The molecule has 0 aliphatic heterocycles. The van der Waals surface area contributed by atoms with Gasteiger partial charge in [-0.1, -0.05) is 0 Å². The van der Waals surface area contributed by atoms with Crippen molar-refractivity contribution < 1.29 is 39.0 Å². The molecule has 4 amide bonds. The number of primary amides is 1. The zero-order chi connectivity index (χ0) is 21.1. The summed E-state index contributed by atoms with van der Waals surface area (Å²) >= 11 is 3.75. The molecule has 0 radical (unpaired) electrons. The first-order valence-corrected chi connectivity index (χ1v) is 8.07. The molecule has 0 bridgehead atoms. The average molecular weight is 407 g/mol. The highest BCUT2D eigenvalue weighted by atomic mass is 32.1. The molecule has 0 spiro atoms. The van der Waals surface area contributed by atoms with Gasteiger partial charge < -0.3 is 37.6 Å². The maximum absolute atomic E-state index is 12.1. The number of thiol groups is 1. The minimum atomic E-state index is -1.50. The molecule has 0 rings (SSSR count). The Labute approximate surface area is 158 Å². The monoisotopic (exact) mass is 407 g/mol. The molecule has 3 atom stereocenters. The molecule has 27 heavy (non-hydrogen) atoms. The van der Waals surface area contributed by atoms with Gasteiger partial charge in [0.15, 0.2) is 0 Å². The van der Waals surface area contributed by atoms with Crippen molar-refractivity contribution in [3.05, 3.63) is 0 Å². The van der Waals surface area contributed by atoms with Crippen LogP contribution in [-0.2, 0) is 28.8 Å². The van der Waals surface area contributed by atoms with Crippen LogP contribution in [0.5, 0.6) is 0 Å². The van der Waals surface area contributed by atoms with Gasteiger partial charge in [-0.2, -0.15) is 12.6 Å². The van der Waals surface area contributed by atoms with E-state index in [1.165, 1.54) is 0 Å². The van der Waals surface area contributed by atoms with E-state index in [2.05, 4.69) is 28.6 Å².